The van der Waals surface area contributed by atoms with Crippen LogP contribution in [0.1, 0.15) is 105 Å². The molecule has 0 saturated carbocycles. The summed E-state index contributed by atoms with van der Waals surface area (Å²) >= 11 is 0. The molecule has 0 radical (unpaired) electrons. The van der Waals surface area contributed by atoms with E-state index in [2.05, 4.69) is 27.7 Å². The Morgan fingerprint density at radius 1 is 0.750 bits per heavy atom. The van der Waals surface area contributed by atoms with E-state index in [1.54, 1.807) is 0 Å². The molecule has 1 atom stereocenters. The summed E-state index contributed by atoms with van der Waals surface area (Å²) in [7, 11) is 0. The summed E-state index contributed by atoms with van der Waals surface area (Å²) in [4.78, 5) is 0. The van der Waals surface area contributed by atoms with Crippen molar-refractivity contribution in [2.24, 2.45) is 11.7 Å². The lowest BCUT2D eigenvalue weighted by Gasteiger charge is -2.36. The molecule has 0 saturated heterocycles. The van der Waals surface area contributed by atoms with E-state index in [9.17, 15) is 0 Å². The van der Waals surface area contributed by atoms with Gasteiger partial charge in [-0.3, -0.25) is 0 Å². The SMILES string of the molecule is CCCCCCCCCCC(CC)C(N)(CC)CC.O. The van der Waals surface area contributed by atoms with Crippen LogP contribution in [0.3, 0.4) is 0 Å². The van der Waals surface area contributed by atoms with Crippen LogP contribution in [0, 0.1) is 5.92 Å². The summed E-state index contributed by atoms with van der Waals surface area (Å²) < 4.78 is 0. The van der Waals surface area contributed by atoms with Gasteiger partial charge in [0.25, 0.3) is 0 Å². The normalized spacial score (nSPS) is 13.1. The smallest absolute Gasteiger partial charge is 0.0177 e. The molecule has 0 aromatic heterocycles. The zero-order chi connectivity index (χ0) is 14.6. The van der Waals surface area contributed by atoms with Crippen molar-refractivity contribution < 1.29 is 5.48 Å². The third-order valence-corrected chi connectivity index (χ3v) is 5.03. The molecule has 0 fully saturated rings. The topological polar surface area (TPSA) is 57.5 Å². The molecule has 0 aliphatic heterocycles. The van der Waals surface area contributed by atoms with E-state index in [0.717, 1.165) is 18.8 Å². The molecule has 0 aliphatic rings. The van der Waals surface area contributed by atoms with E-state index in [0.29, 0.717) is 0 Å². The number of rotatable bonds is 13. The van der Waals surface area contributed by atoms with Gasteiger partial charge in [0, 0.05) is 5.54 Å². The highest BCUT2D eigenvalue weighted by atomic mass is 16.0. The monoisotopic (exact) mass is 287 g/mol. The highest BCUT2D eigenvalue weighted by molar-refractivity contribution is 4.88. The van der Waals surface area contributed by atoms with Gasteiger partial charge in [-0.25, -0.2) is 0 Å². The van der Waals surface area contributed by atoms with Crippen LogP contribution in [0.4, 0.5) is 0 Å². The van der Waals surface area contributed by atoms with Gasteiger partial charge in [-0.15, -0.1) is 0 Å². The largest absolute Gasteiger partial charge is 0.412 e. The molecule has 1 unspecified atom stereocenters. The molecule has 0 bridgehead atoms. The van der Waals surface area contributed by atoms with Crippen LogP contribution in [0.5, 0.6) is 0 Å². The highest BCUT2D eigenvalue weighted by Gasteiger charge is 2.29. The molecule has 0 spiro atoms. The van der Waals surface area contributed by atoms with Crippen LogP contribution in [0.2, 0.25) is 0 Å². The highest BCUT2D eigenvalue weighted by Crippen LogP contribution is 2.30. The van der Waals surface area contributed by atoms with Gasteiger partial charge < -0.3 is 11.2 Å². The van der Waals surface area contributed by atoms with E-state index < -0.39 is 0 Å². The fraction of sp³-hybridized carbons (Fsp3) is 1.00. The van der Waals surface area contributed by atoms with Crippen molar-refractivity contribution >= 4 is 0 Å². The third kappa shape index (κ3) is 8.97. The Morgan fingerprint density at radius 3 is 1.60 bits per heavy atom. The number of hydrogen-bond acceptors (Lipinski definition) is 1. The van der Waals surface area contributed by atoms with Crippen LogP contribution < -0.4 is 5.73 Å². The molecule has 20 heavy (non-hydrogen) atoms. The lowest BCUT2D eigenvalue weighted by molar-refractivity contribution is 0.225. The van der Waals surface area contributed by atoms with Crippen molar-refractivity contribution in [2.75, 3.05) is 0 Å². The summed E-state index contributed by atoms with van der Waals surface area (Å²) in [5.74, 6) is 0.725. The van der Waals surface area contributed by atoms with Crippen molar-refractivity contribution in [3.63, 3.8) is 0 Å². The second kappa shape index (κ2) is 13.9. The van der Waals surface area contributed by atoms with Gasteiger partial charge in [0.05, 0.1) is 0 Å². The Labute approximate surface area is 128 Å². The molecular formula is C18H41NO. The molecule has 2 nitrogen and oxygen atoms in total. The second-order valence-corrected chi connectivity index (χ2v) is 6.31. The number of unbranched alkanes of at least 4 members (excludes halogenated alkanes) is 7. The van der Waals surface area contributed by atoms with Crippen LogP contribution >= 0.6 is 0 Å². The van der Waals surface area contributed by atoms with Crippen molar-refractivity contribution in [1.29, 1.82) is 0 Å². The zero-order valence-electron chi connectivity index (χ0n) is 14.6. The lowest BCUT2D eigenvalue weighted by atomic mass is 9.76. The van der Waals surface area contributed by atoms with Gasteiger partial charge in [-0.05, 0) is 25.2 Å². The number of hydrogen-bond donors (Lipinski definition) is 1. The summed E-state index contributed by atoms with van der Waals surface area (Å²) in [5, 5.41) is 0. The molecule has 0 heterocycles. The summed E-state index contributed by atoms with van der Waals surface area (Å²) in [5.41, 5.74) is 6.64. The van der Waals surface area contributed by atoms with E-state index in [4.69, 9.17) is 5.73 Å². The lowest BCUT2D eigenvalue weighted by Crippen LogP contribution is -2.45. The predicted octanol–water partition coefficient (Wildman–Crippen LogP) is 5.24. The Hall–Kier alpha value is -0.0800. The Morgan fingerprint density at radius 2 is 1.20 bits per heavy atom. The van der Waals surface area contributed by atoms with E-state index in [-0.39, 0.29) is 11.0 Å². The number of nitrogens with two attached hydrogens (primary N) is 1. The van der Waals surface area contributed by atoms with Crippen molar-refractivity contribution in [3.05, 3.63) is 0 Å². The van der Waals surface area contributed by atoms with Crippen LogP contribution in [0.15, 0.2) is 0 Å². The van der Waals surface area contributed by atoms with Gasteiger partial charge in [0.15, 0.2) is 0 Å². The van der Waals surface area contributed by atoms with Crippen molar-refractivity contribution in [3.8, 4) is 0 Å². The van der Waals surface area contributed by atoms with Gasteiger partial charge in [0.2, 0.25) is 0 Å². The molecule has 4 N–H and O–H groups in total. The van der Waals surface area contributed by atoms with Crippen LogP contribution in [-0.4, -0.2) is 11.0 Å². The minimum absolute atomic E-state index is 0. The molecule has 0 aliphatic carbocycles. The zero-order valence-corrected chi connectivity index (χ0v) is 14.6. The first kappa shape index (κ1) is 22.2. The molecule has 0 amide bonds. The minimum atomic E-state index is 0. The third-order valence-electron chi connectivity index (χ3n) is 5.03. The first-order valence-electron chi connectivity index (χ1n) is 8.93. The Bertz CT molecular complexity index is 190. The van der Waals surface area contributed by atoms with Crippen molar-refractivity contribution in [2.45, 2.75) is 110 Å². The van der Waals surface area contributed by atoms with Gasteiger partial charge in [0.1, 0.15) is 0 Å². The standard InChI is InChI=1S/C18H39N.H2O/c1-5-9-10-11-12-13-14-15-16-17(6-2)18(19,7-3)8-4;/h17H,5-16,19H2,1-4H3;1H2. The average Bonchev–Trinajstić information content (AvgIpc) is 2.45. The molecule has 2 heteroatoms. The van der Waals surface area contributed by atoms with Crippen molar-refractivity contribution in [1.82, 2.24) is 0 Å². The van der Waals surface area contributed by atoms with E-state index in [1.807, 2.05) is 0 Å². The Balaban J connectivity index is 0. The van der Waals surface area contributed by atoms with Gasteiger partial charge >= 0.3 is 0 Å². The maximum atomic E-state index is 6.55. The maximum absolute atomic E-state index is 6.55. The first-order chi connectivity index (χ1) is 9.14. The molecule has 0 aromatic carbocycles. The predicted molar refractivity (Wildman–Crippen MR) is 92.1 cm³/mol. The Kier molecular flexibility index (Phi) is 15.4. The minimum Gasteiger partial charge on any atom is -0.412 e. The fourth-order valence-corrected chi connectivity index (χ4v) is 3.25. The summed E-state index contributed by atoms with van der Waals surface area (Å²) in [6.45, 7) is 9.09. The van der Waals surface area contributed by atoms with Crippen LogP contribution in [-0.2, 0) is 0 Å². The molecule has 124 valence electrons. The maximum Gasteiger partial charge on any atom is 0.0177 e. The van der Waals surface area contributed by atoms with Gasteiger partial charge in [-0.1, -0.05) is 85.5 Å². The molecule has 0 aromatic rings. The first-order valence-corrected chi connectivity index (χ1v) is 8.93. The average molecular weight is 288 g/mol. The summed E-state index contributed by atoms with van der Waals surface area (Å²) in [6.07, 6.45) is 16.1. The molecular weight excluding hydrogens is 246 g/mol. The second-order valence-electron chi connectivity index (χ2n) is 6.31. The fourth-order valence-electron chi connectivity index (χ4n) is 3.25. The van der Waals surface area contributed by atoms with Crippen LogP contribution in [0.25, 0.3) is 0 Å². The van der Waals surface area contributed by atoms with E-state index >= 15 is 0 Å². The summed E-state index contributed by atoms with van der Waals surface area (Å²) in [6, 6.07) is 0. The van der Waals surface area contributed by atoms with E-state index in [1.165, 1.54) is 64.2 Å². The van der Waals surface area contributed by atoms with Gasteiger partial charge in [-0.2, -0.15) is 0 Å². The molecule has 0 rings (SSSR count). The quantitative estimate of drug-likeness (QED) is 0.463.